The van der Waals surface area contributed by atoms with E-state index < -0.39 is 88.3 Å². The summed E-state index contributed by atoms with van der Waals surface area (Å²) in [6.45, 7) is 8.27. The Hall–Kier alpha value is -3.09. The molecule has 0 amide bonds. The lowest BCUT2D eigenvalue weighted by molar-refractivity contribution is -0.269. The van der Waals surface area contributed by atoms with E-state index in [4.69, 9.17) is 23.7 Å². The molecule has 0 radical (unpaired) electrons. The minimum atomic E-state index is -1.79. The third-order valence-corrected chi connectivity index (χ3v) is 10.0. The van der Waals surface area contributed by atoms with Crippen LogP contribution in [0.15, 0.2) is 23.0 Å². The molecule has 2 bridgehead atoms. The molecule has 0 aromatic heterocycles. The summed E-state index contributed by atoms with van der Waals surface area (Å²) in [6.07, 6.45) is -3.75. The summed E-state index contributed by atoms with van der Waals surface area (Å²) in [5, 5.41) is 21.4. The number of aliphatic hydroxyl groups is 2. The minimum Gasteiger partial charge on any atom is -0.467 e. The van der Waals surface area contributed by atoms with Crippen molar-refractivity contribution in [2.45, 2.75) is 90.3 Å². The van der Waals surface area contributed by atoms with E-state index in [1.165, 1.54) is 20.1 Å². The van der Waals surface area contributed by atoms with Gasteiger partial charge in [0, 0.05) is 30.3 Å². The molecule has 2 saturated carbocycles. The maximum atomic E-state index is 13.6. The van der Waals surface area contributed by atoms with Gasteiger partial charge in [-0.25, -0.2) is 14.4 Å². The van der Waals surface area contributed by atoms with Gasteiger partial charge >= 0.3 is 23.9 Å². The molecule has 230 valence electrons. The quantitative estimate of drug-likeness (QED) is 0.258. The number of Topliss-reactive ketones (excluding diaryl/α,β-unsaturated/α-hetero) is 1. The van der Waals surface area contributed by atoms with Gasteiger partial charge < -0.3 is 33.9 Å². The molecule has 3 aliphatic carbocycles. The van der Waals surface area contributed by atoms with Gasteiger partial charge in [0.05, 0.1) is 38.3 Å². The predicted molar refractivity (Wildman–Crippen MR) is 141 cm³/mol. The molecule has 42 heavy (non-hydrogen) atoms. The van der Waals surface area contributed by atoms with Crippen LogP contribution in [-0.2, 0) is 47.7 Å². The number of allylic oxidation sites excluding steroid dienone is 3. The molecular formula is C30H38O12. The first-order valence-electron chi connectivity index (χ1n) is 14.2. The van der Waals surface area contributed by atoms with Gasteiger partial charge in [-0.05, 0) is 51.0 Å². The van der Waals surface area contributed by atoms with E-state index in [1.54, 1.807) is 20.8 Å². The van der Waals surface area contributed by atoms with E-state index in [0.717, 1.165) is 0 Å². The highest BCUT2D eigenvalue weighted by Crippen LogP contribution is 2.72. The molecule has 0 aromatic carbocycles. The molecule has 4 fully saturated rings. The second-order valence-corrected chi connectivity index (χ2v) is 12.9. The van der Waals surface area contributed by atoms with Crippen LogP contribution in [0, 0.1) is 28.6 Å². The van der Waals surface area contributed by atoms with Gasteiger partial charge in [0.2, 0.25) is 6.10 Å². The first-order chi connectivity index (χ1) is 19.6. The molecule has 1 spiro atoms. The second kappa shape index (κ2) is 10.3. The maximum Gasteiger partial charge on any atom is 0.348 e. The molecule has 0 aromatic rings. The Morgan fingerprint density at radius 2 is 1.88 bits per heavy atom. The highest BCUT2D eigenvalue weighted by Gasteiger charge is 2.82. The maximum absolute atomic E-state index is 13.6. The lowest BCUT2D eigenvalue weighted by Gasteiger charge is -2.66. The van der Waals surface area contributed by atoms with Crippen molar-refractivity contribution in [1.29, 1.82) is 0 Å². The average Bonchev–Trinajstić information content (AvgIpc) is 3.12. The summed E-state index contributed by atoms with van der Waals surface area (Å²) >= 11 is 0. The smallest absolute Gasteiger partial charge is 0.348 e. The van der Waals surface area contributed by atoms with Crippen molar-refractivity contribution in [3.8, 4) is 0 Å². The van der Waals surface area contributed by atoms with Crippen molar-refractivity contribution in [2.24, 2.45) is 28.6 Å². The molecular weight excluding hydrogens is 552 g/mol. The molecule has 2 heterocycles. The number of rotatable bonds is 6. The fourth-order valence-corrected chi connectivity index (χ4v) is 8.81. The number of aliphatic hydroxyl groups excluding tert-OH is 2. The molecule has 12 nitrogen and oxygen atoms in total. The Bertz CT molecular complexity index is 1290. The van der Waals surface area contributed by atoms with Gasteiger partial charge in [-0.3, -0.25) is 9.59 Å². The lowest BCUT2D eigenvalue weighted by Crippen LogP contribution is -2.75. The van der Waals surface area contributed by atoms with Crippen LogP contribution in [-0.4, -0.2) is 83.6 Å². The fraction of sp³-hybridized carbons (Fsp3) is 0.700. The molecule has 2 saturated heterocycles. The third kappa shape index (κ3) is 4.24. The molecule has 5 aliphatic rings. The van der Waals surface area contributed by atoms with Gasteiger partial charge in [0.1, 0.15) is 6.10 Å². The Morgan fingerprint density at radius 1 is 1.19 bits per heavy atom. The number of esters is 4. The summed E-state index contributed by atoms with van der Waals surface area (Å²) in [5.74, 6) is -5.96. The SMILES string of the molecule is COC(=O)[C@@]12C[C@H](O)C3[C@@]4(C)CC(=O)C(OC(=O)CC(C)O)=C(C)C4C[C@H]4OC(=O)[C@H](OC(=O)C=C(C)C)[C@@H]1[C@@]34CO2. The van der Waals surface area contributed by atoms with Crippen LogP contribution in [0.5, 0.6) is 0 Å². The Kier molecular flexibility index (Phi) is 7.43. The van der Waals surface area contributed by atoms with E-state index in [9.17, 15) is 34.2 Å². The molecule has 3 unspecified atom stereocenters. The first kappa shape index (κ1) is 30.4. The zero-order chi connectivity index (χ0) is 30.9. The predicted octanol–water partition coefficient (Wildman–Crippen LogP) is 1.30. The largest absolute Gasteiger partial charge is 0.467 e. The Labute approximate surface area is 243 Å². The van der Waals surface area contributed by atoms with Crippen LogP contribution < -0.4 is 0 Å². The van der Waals surface area contributed by atoms with Crippen LogP contribution in [0.2, 0.25) is 0 Å². The molecule has 10 atom stereocenters. The van der Waals surface area contributed by atoms with Gasteiger partial charge in [-0.15, -0.1) is 0 Å². The van der Waals surface area contributed by atoms with Crippen LogP contribution >= 0.6 is 0 Å². The van der Waals surface area contributed by atoms with Gasteiger partial charge in [0.25, 0.3) is 0 Å². The number of fused-ring (bicyclic) bond motifs is 2. The average molecular weight is 591 g/mol. The Balaban J connectivity index is 1.63. The molecule has 2 aliphatic heterocycles. The number of ketones is 1. The number of carbonyl (C=O) groups excluding carboxylic acids is 5. The van der Waals surface area contributed by atoms with Gasteiger partial charge in [-0.1, -0.05) is 12.5 Å². The third-order valence-electron chi connectivity index (χ3n) is 10.0. The zero-order valence-corrected chi connectivity index (χ0v) is 24.6. The van der Waals surface area contributed by atoms with Crippen molar-refractivity contribution >= 4 is 29.7 Å². The van der Waals surface area contributed by atoms with Crippen LogP contribution in [0.3, 0.4) is 0 Å². The summed E-state index contributed by atoms with van der Waals surface area (Å²) in [5.41, 5.74) is -2.79. The van der Waals surface area contributed by atoms with Gasteiger partial charge in [0.15, 0.2) is 17.1 Å². The first-order valence-corrected chi connectivity index (χ1v) is 14.2. The van der Waals surface area contributed by atoms with Gasteiger partial charge in [-0.2, -0.15) is 0 Å². The summed E-state index contributed by atoms with van der Waals surface area (Å²) in [7, 11) is 1.18. The standard InChI is InChI=1S/C30H38O12/c1-13(2)7-20(34)42-23-25-29-12-39-30(25,27(37)38-6)11-18(33)24(29)28(5)10-17(32)22(41-21(35)8-14(3)31)15(4)16(28)9-19(29)40-26(23)36/h7,14,16,18-19,23-25,31,33H,8-12H2,1-6H3/t14?,16?,18-,19+,23+,24?,25+,28-,29+,30+/m0/s1. The number of methoxy groups -OCH3 is 1. The highest BCUT2D eigenvalue weighted by molar-refractivity contribution is 5.98. The minimum absolute atomic E-state index is 0.0986. The van der Waals surface area contributed by atoms with E-state index in [-0.39, 0.29) is 38.0 Å². The second-order valence-electron chi connectivity index (χ2n) is 12.9. The van der Waals surface area contributed by atoms with Crippen LogP contribution in [0.4, 0.5) is 0 Å². The monoisotopic (exact) mass is 590 g/mol. The van der Waals surface area contributed by atoms with E-state index in [2.05, 4.69) is 0 Å². The molecule has 5 rings (SSSR count). The van der Waals surface area contributed by atoms with E-state index in [1.807, 2.05) is 6.92 Å². The topological polar surface area (TPSA) is 172 Å². The van der Waals surface area contributed by atoms with Crippen molar-refractivity contribution in [1.82, 2.24) is 0 Å². The van der Waals surface area contributed by atoms with Crippen molar-refractivity contribution in [3.63, 3.8) is 0 Å². The fourth-order valence-electron chi connectivity index (χ4n) is 8.81. The number of carbonyl (C=O) groups is 5. The summed E-state index contributed by atoms with van der Waals surface area (Å²) in [4.78, 5) is 65.6. The zero-order valence-electron chi connectivity index (χ0n) is 24.6. The molecule has 2 N–H and O–H groups in total. The highest BCUT2D eigenvalue weighted by atomic mass is 16.6. The van der Waals surface area contributed by atoms with Crippen LogP contribution in [0.25, 0.3) is 0 Å². The van der Waals surface area contributed by atoms with Crippen molar-refractivity contribution in [3.05, 3.63) is 23.0 Å². The van der Waals surface area contributed by atoms with Crippen LogP contribution in [0.1, 0.15) is 60.3 Å². The normalized spacial score (nSPS) is 40.7. The van der Waals surface area contributed by atoms with Crippen molar-refractivity contribution in [2.75, 3.05) is 13.7 Å². The lowest BCUT2D eigenvalue weighted by atomic mass is 9.38. The number of hydrogen-bond donors (Lipinski definition) is 2. The summed E-state index contributed by atoms with van der Waals surface area (Å²) < 4.78 is 28.4. The van der Waals surface area contributed by atoms with E-state index >= 15 is 0 Å². The molecule has 12 heteroatoms. The number of ether oxygens (including phenoxy) is 5. The number of hydrogen-bond acceptors (Lipinski definition) is 12. The summed E-state index contributed by atoms with van der Waals surface area (Å²) in [6, 6.07) is 0. The van der Waals surface area contributed by atoms with Crippen molar-refractivity contribution < 1.29 is 57.9 Å². The van der Waals surface area contributed by atoms with E-state index in [0.29, 0.717) is 11.1 Å². The Morgan fingerprint density at radius 3 is 2.50 bits per heavy atom.